The van der Waals surface area contributed by atoms with Crippen LogP contribution in [0.5, 0.6) is 0 Å². The average Bonchev–Trinajstić information content (AvgIpc) is 2.67. The number of nitrogens with one attached hydrogen (secondary N) is 2. The maximum absolute atomic E-state index is 12.2. The molecule has 0 bridgehead atoms. The molecule has 0 heterocycles. The predicted octanol–water partition coefficient (Wildman–Crippen LogP) is 3.94. The normalized spacial score (nSPS) is 9.85. The highest BCUT2D eigenvalue weighted by Gasteiger charge is 2.14. The lowest BCUT2D eigenvalue weighted by atomic mass is 10.2. The lowest BCUT2D eigenvalue weighted by molar-refractivity contribution is 0.246. The van der Waals surface area contributed by atoms with E-state index in [2.05, 4.69) is 17.4 Å². The van der Waals surface area contributed by atoms with Gasteiger partial charge in [-0.2, -0.15) is 0 Å². The van der Waals surface area contributed by atoms with Gasteiger partial charge in [-0.15, -0.1) is 0 Å². The number of nitrogens with zero attached hydrogens (tertiary/aromatic N) is 2. The number of thiocarbonyl (C=S) groups is 2. The molecule has 2 aromatic carbocycles. The van der Waals surface area contributed by atoms with Crippen molar-refractivity contribution in [1.82, 2.24) is 20.9 Å². The molecule has 0 fully saturated rings. The molecule has 0 aromatic heterocycles. The molecule has 0 saturated heterocycles. The van der Waals surface area contributed by atoms with Crippen molar-refractivity contribution < 1.29 is 4.79 Å². The molecule has 1 amide bonds. The maximum Gasteiger partial charge on any atom is 0.303 e. The molecule has 27 heavy (non-hydrogen) atoms. The van der Waals surface area contributed by atoms with E-state index >= 15 is 0 Å². The van der Waals surface area contributed by atoms with Gasteiger partial charge < -0.3 is 0 Å². The first-order chi connectivity index (χ1) is 12.9. The summed E-state index contributed by atoms with van der Waals surface area (Å²) in [4.78, 5) is 13.3. The molecule has 0 atom stereocenters. The second-order valence-corrected chi connectivity index (χ2v) is 7.34. The van der Waals surface area contributed by atoms with Crippen LogP contribution in [0.15, 0.2) is 72.3 Å². The van der Waals surface area contributed by atoms with E-state index in [4.69, 9.17) is 24.4 Å². The Bertz CT molecular complexity index is 758. The Morgan fingerprint density at radius 1 is 0.852 bits per heavy atom. The summed E-state index contributed by atoms with van der Waals surface area (Å²) < 4.78 is 0. The van der Waals surface area contributed by atoms with Crippen molar-refractivity contribution in [2.24, 2.45) is 0 Å². The minimum atomic E-state index is -0.313. The zero-order chi connectivity index (χ0) is 19.8. The molecule has 0 saturated carbocycles. The molecule has 2 rings (SSSR count). The van der Waals surface area contributed by atoms with Crippen LogP contribution in [-0.2, 0) is 0 Å². The summed E-state index contributed by atoms with van der Waals surface area (Å²) in [6, 6.07) is 19.1. The first-order valence-corrected chi connectivity index (χ1v) is 9.62. The van der Waals surface area contributed by atoms with Crippen molar-refractivity contribution in [1.29, 1.82) is 0 Å². The van der Waals surface area contributed by atoms with Crippen LogP contribution in [-0.4, -0.2) is 39.3 Å². The third-order valence-electron chi connectivity index (χ3n) is 3.42. The smallest absolute Gasteiger partial charge is 0.292 e. The quantitative estimate of drug-likeness (QED) is 0.566. The van der Waals surface area contributed by atoms with Crippen molar-refractivity contribution in [2.75, 3.05) is 14.1 Å². The Morgan fingerprint density at radius 2 is 1.26 bits per heavy atom. The fourth-order valence-electron chi connectivity index (χ4n) is 2.13. The largest absolute Gasteiger partial charge is 0.303 e. The molecule has 2 N–H and O–H groups in total. The van der Waals surface area contributed by atoms with E-state index in [1.165, 1.54) is 5.01 Å². The van der Waals surface area contributed by atoms with Crippen LogP contribution in [0.1, 0.15) is 11.1 Å². The van der Waals surface area contributed by atoms with Crippen LogP contribution >= 0.6 is 36.2 Å². The topological polar surface area (TPSA) is 47.6 Å². The molecule has 0 unspecified atom stereocenters. The first-order valence-electron chi connectivity index (χ1n) is 7.98. The summed E-state index contributed by atoms with van der Waals surface area (Å²) in [5.41, 5.74) is 7.45. The van der Waals surface area contributed by atoms with Crippen molar-refractivity contribution in [3.05, 3.63) is 83.4 Å². The Balaban J connectivity index is 1.83. The number of carbonyl (C=O) groups is 1. The highest BCUT2D eigenvalue weighted by atomic mass is 32.2. The lowest BCUT2D eigenvalue weighted by Gasteiger charge is -2.24. The van der Waals surface area contributed by atoms with Crippen LogP contribution in [0.3, 0.4) is 0 Å². The number of amides is 1. The van der Waals surface area contributed by atoms with E-state index in [1.54, 1.807) is 19.1 Å². The fraction of sp³-hybridized carbons (Fsp3) is 0.105. The number of carbonyl (C=O) groups excluding carboxylic acids is 1. The number of thioether (sulfide) groups is 1. The summed E-state index contributed by atoms with van der Waals surface area (Å²) in [7, 11) is 3.47. The van der Waals surface area contributed by atoms with Gasteiger partial charge in [-0.3, -0.25) is 25.7 Å². The molecule has 0 spiro atoms. The minimum absolute atomic E-state index is 0.313. The third-order valence-corrected chi connectivity index (χ3v) is 5.05. The van der Waals surface area contributed by atoms with Crippen LogP contribution in [0.25, 0.3) is 0 Å². The second-order valence-electron chi connectivity index (χ2n) is 5.50. The summed E-state index contributed by atoms with van der Waals surface area (Å²) in [6.07, 6.45) is 0. The Hall–Kier alpha value is -2.42. The Kier molecular flexibility index (Phi) is 7.78. The van der Waals surface area contributed by atoms with Gasteiger partial charge in [0.15, 0.2) is 0 Å². The highest BCUT2D eigenvalue weighted by molar-refractivity contribution is 8.16. The van der Waals surface area contributed by atoms with E-state index in [0.29, 0.717) is 15.0 Å². The summed E-state index contributed by atoms with van der Waals surface area (Å²) in [6.45, 7) is 3.86. The van der Waals surface area contributed by atoms with Gasteiger partial charge in [0.2, 0.25) is 0 Å². The molecule has 0 aliphatic rings. The minimum Gasteiger partial charge on any atom is -0.292 e. The number of hydrogen-bond donors (Lipinski definition) is 2. The number of hydrazine groups is 2. The van der Waals surface area contributed by atoms with Gasteiger partial charge in [-0.25, -0.2) is 0 Å². The van der Waals surface area contributed by atoms with Gasteiger partial charge in [0.25, 0.3) is 0 Å². The first kappa shape index (κ1) is 20.9. The molecule has 0 aliphatic carbocycles. The SMILES string of the molecule is C=C(NN(C)C(=S)c1ccccc1)SC(=O)NN(C)C(=S)c1ccccc1. The number of benzene rings is 2. The monoisotopic (exact) mass is 416 g/mol. The van der Waals surface area contributed by atoms with Crippen molar-refractivity contribution in [2.45, 2.75) is 0 Å². The zero-order valence-electron chi connectivity index (χ0n) is 15.0. The highest BCUT2D eigenvalue weighted by Crippen LogP contribution is 2.13. The Morgan fingerprint density at radius 3 is 1.70 bits per heavy atom. The van der Waals surface area contributed by atoms with Crippen molar-refractivity contribution in [3.63, 3.8) is 0 Å². The molecule has 140 valence electrons. The molecule has 5 nitrogen and oxygen atoms in total. The zero-order valence-corrected chi connectivity index (χ0v) is 17.5. The standard InChI is InChI=1S/C19H20N4OS3/c1-14(20-22(2)17(25)15-10-6-4-7-11-15)27-19(24)21-23(3)18(26)16-12-8-5-9-13-16/h4-13,20H,1H2,2-3H3,(H,21,24). The van der Waals surface area contributed by atoms with Gasteiger partial charge in [0, 0.05) is 25.2 Å². The summed E-state index contributed by atoms with van der Waals surface area (Å²) >= 11 is 11.7. The molecule has 0 aliphatic heterocycles. The van der Waals surface area contributed by atoms with E-state index in [-0.39, 0.29) is 5.24 Å². The van der Waals surface area contributed by atoms with Crippen LogP contribution < -0.4 is 10.9 Å². The van der Waals surface area contributed by atoms with E-state index in [9.17, 15) is 4.79 Å². The van der Waals surface area contributed by atoms with Crippen LogP contribution in [0, 0.1) is 0 Å². The molecule has 8 heteroatoms. The van der Waals surface area contributed by atoms with Gasteiger partial charge in [0.1, 0.15) is 9.98 Å². The van der Waals surface area contributed by atoms with Crippen molar-refractivity contribution >= 4 is 51.4 Å². The molecular weight excluding hydrogens is 396 g/mol. The molecular formula is C19H20N4OS3. The van der Waals surface area contributed by atoms with Gasteiger partial charge in [-0.05, 0) is 11.8 Å². The van der Waals surface area contributed by atoms with E-state index in [0.717, 1.165) is 22.9 Å². The maximum atomic E-state index is 12.2. The average molecular weight is 417 g/mol. The van der Waals surface area contributed by atoms with Crippen LogP contribution in [0.2, 0.25) is 0 Å². The summed E-state index contributed by atoms with van der Waals surface area (Å²) in [5, 5.41) is 3.27. The van der Waals surface area contributed by atoms with Crippen molar-refractivity contribution in [3.8, 4) is 0 Å². The number of hydrogen-bond acceptors (Lipinski definition) is 5. The van der Waals surface area contributed by atoms with E-state index < -0.39 is 0 Å². The van der Waals surface area contributed by atoms with E-state index in [1.807, 2.05) is 60.7 Å². The van der Waals surface area contributed by atoms with Gasteiger partial charge >= 0.3 is 5.24 Å². The second kappa shape index (κ2) is 10.1. The van der Waals surface area contributed by atoms with Gasteiger partial charge in [-0.1, -0.05) is 91.7 Å². The third kappa shape index (κ3) is 6.35. The predicted molar refractivity (Wildman–Crippen MR) is 120 cm³/mol. The molecule has 2 aromatic rings. The molecule has 0 radical (unpaired) electrons. The fourth-order valence-corrected chi connectivity index (χ4v) is 3.08. The Labute approximate surface area is 174 Å². The van der Waals surface area contributed by atoms with Gasteiger partial charge in [0.05, 0.1) is 5.03 Å². The number of rotatable bonds is 5. The van der Waals surface area contributed by atoms with Crippen LogP contribution in [0.4, 0.5) is 4.79 Å². The summed E-state index contributed by atoms with van der Waals surface area (Å²) in [5.74, 6) is 0. The lowest BCUT2D eigenvalue weighted by Crippen LogP contribution is -2.42.